The highest BCUT2D eigenvalue weighted by atomic mass is 19.1. The van der Waals surface area contributed by atoms with Gasteiger partial charge in [0.15, 0.2) is 23.0 Å². The summed E-state index contributed by atoms with van der Waals surface area (Å²) >= 11 is 0. The number of nitrogens with zero attached hydrogens (tertiary/aromatic N) is 2. The Balaban J connectivity index is 1.60. The van der Waals surface area contributed by atoms with Crippen LogP contribution in [0.3, 0.4) is 0 Å². The molecule has 5 rings (SSSR count). The maximum absolute atomic E-state index is 13.6. The molecule has 3 aromatic rings. The van der Waals surface area contributed by atoms with Crippen molar-refractivity contribution < 1.29 is 23.3 Å². The largest absolute Gasteiger partial charge is 0.493 e. The molecule has 2 heterocycles. The van der Waals surface area contributed by atoms with E-state index in [-0.39, 0.29) is 11.9 Å². The van der Waals surface area contributed by atoms with E-state index >= 15 is 0 Å². The summed E-state index contributed by atoms with van der Waals surface area (Å²) in [7, 11) is 4.85. The Labute approximate surface area is 185 Å². The monoisotopic (exact) mass is 434 g/mol. The molecule has 0 spiro atoms. The number of benzene rings is 3. The van der Waals surface area contributed by atoms with Crippen molar-refractivity contribution in [1.82, 2.24) is 5.01 Å². The van der Waals surface area contributed by atoms with E-state index in [0.717, 1.165) is 22.4 Å². The summed E-state index contributed by atoms with van der Waals surface area (Å²) in [6.07, 6.45) is 0.165. The molecule has 0 N–H and O–H groups in total. The smallest absolute Gasteiger partial charge is 0.214 e. The lowest BCUT2D eigenvalue weighted by atomic mass is 9.95. The third kappa shape index (κ3) is 3.30. The van der Waals surface area contributed by atoms with Gasteiger partial charge in [-0.25, -0.2) is 9.40 Å². The zero-order chi connectivity index (χ0) is 22.2. The van der Waals surface area contributed by atoms with Crippen molar-refractivity contribution in [3.63, 3.8) is 0 Å². The van der Waals surface area contributed by atoms with E-state index < -0.39 is 6.23 Å². The molecule has 7 heteroatoms. The van der Waals surface area contributed by atoms with Gasteiger partial charge in [0.2, 0.25) is 6.23 Å². The molecule has 0 saturated heterocycles. The average molecular weight is 434 g/mol. The molecule has 0 aromatic heterocycles. The normalized spacial score (nSPS) is 18.9. The highest BCUT2D eigenvalue weighted by Gasteiger charge is 2.42. The van der Waals surface area contributed by atoms with Crippen LogP contribution in [0.4, 0.5) is 4.39 Å². The summed E-state index contributed by atoms with van der Waals surface area (Å²) in [5.41, 5.74) is 3.66. The summed E-state index contributed by atoms with van der Waals surface area (Å²) in [4.78, 5) is 0. The second-order valence-electron chi connectivity index (χ2n) is 7.62. The van der Waals surface area contributed by atoms with Gasteiger partial charge in [0.25, 0.3) is 0 Å². The van der Waals surface area contributed by atoms with Gasteiger partial charge in [-0.2, -0.15) is 5.10 Å². The third-order valence-corrected chi connectivity index (χ3v) is 5.87. The van der Waals surface area contributed by atoms with E-state index in [0.29, 0.717) is 29.4 Å². The summed E-state index contributed by atoms with van der Waals surface area (Å²) in [5.74, 6) is 2.36. The van der Waals surface area contributed by atoms with E-state index in [1.165, 1.54) is 12.1 Å². The first-order valence-corrected chi connectivity index (χ1v) is 10.3. The molecule has 0 aliphatic carbocycles. The van der Waals surface area contributed by atoms with Crippen molar-refractivity contribution in [2.24, 2.45) is 5.10 Å². The van der Waals surface area contributed by atoms with Gasteiger partial charge in [-0.1, -0.05) is 24.3 Å². The molecule has 0 bridgehead atoms. The molecule has 0 saturated carbocycles. The second kappa shape index (κ2) is 8.07. The van der Waals surface area contributed by atoms with Gasteiger partial charge in [-0.05, 0) is 36.4 Å². The number of halogens is 1. The first kappa shape index (κ1) is 20.2. The number of hydrogen-bond donors (Lipinski definition) is 0. The molecule has 2 aliphatic rings. The van der Waals surface area contributed by atoms with Gasteiger partial charge in [0.1, 0.15) is 5.82 Å². The SMILES string of the molecule is COc1ccc(C2=NN3[C@@H](C2)c2cccc(OC)c2O[C@H]3c2ccc(F)cc2)cc1OC. The molecule has 164 valence electrons. The summed E-state index contributed by atoms with van der Waals surface area (Å²) in [5, 5.41) is 6.89. The predicted octanol–water partition coefficient (Wildman–Crippen LogP) is 5.09. The molecular formula is C25H23FN2O4. The standard InChI is InChI=1S/C25H23FN2O4/c1-29-21-12-9-16(13-23(21)31-3)19-14-20-18-5-4-6-22(30-2)24(18)32-25(28(20)27-19)15-7-10-17(26)11-8-15/h4-13,20,25H,14H2,1-3H3/t20-,25-/m0/s1. The van der Waals surface area contributed by atoms with E-state index in [4.69, 9.17) is 24.0 Å². The van der Waals surface area contributed by atoms with Crippen molar-refractivity contribution in [1.29, 1.82) is 0 Å². The fourth-order valence-electron chi connectivity index (χ4n) is 4.28. The molecule has 2 aliphatic heterocycles. The van der Waals surface area contributed by atoms with Gasteiger partial charge < -0.3 is 18.9 Å². The first-order chi connectivity index (χ1) is 15.6. The number of fused-ring (bicyclic) bond motifs is 3. The summed E-state index contributed by atoms with van der Waals surface area (Å²) < 4.78 is 36.4. The third-order valence-electron chi connectivity index (χ3n) is 5.87. The topological polar surface area (TPSA) is 52.5 Å². The van der Waals surface area contributed by atoms with Crippen molar-refractivity contribution in [2.75, 3.05) is 21.3 Å². The zero-order valence-electron chi connectivity index (χ0n) is 18.0. The van der Waals surface area contributed by atoms with Crippen LogP contribution in [-0.2, 0) is 0 Å². The minimum atomic E-state index is -0.512. The molecule has 2 atom stereocenters. The second-order valence-corrected chi connectivity index (χ2v) is 7.62. The van der Waals surface area contributed by atoms with Crippen LogP contribution >= 0.6 is 0 Å². The number of hydrazone groups is 1. The van der Waals surface area contributed by atoms with Crippen molar-refractivity contribution in [2.45, 2.75) is 18.7 Å². The molecule has 32 heavy (non-hydrogen) atoms. The van der Waals surface area contributed by atoms with E-state index in [9.17, 15) is 4.39 Å². The minimum Gasteiger partial charge on any atom is -0.493 e. The number of ether oxygens (including phenoxy) is 4. The molecule has 3 aromatic carbocycles. The van der Waals surface area contributed by atoms with Crippen LogP contribution in [0, 0.1) is 5.82 Å². The molecule has 0 fully saturated rings. The lowest BCUT2D eigenvalue weighted by molar-refractivity contribution is -0.0209. The molecule has 0 unspecified atom stereocenters. The van der Waals surface area contributed by atoms with E-state index in [1.54, 1.807) is 33.5 Å². The quantitative estimate of drug-likeness (QED) is 0.560. The maximum Gasteiger partial charge on any atom is 0.214 e. The van der Waals surface area contributed by atoms with Crippen LogP contribution in [0.5, 0.6) is 23.0 Å². The highest BCUT2D eigenvalue weighted by molar-refractivity contribution is 6.02. The Hall–Kier alpha value is -3.74. The average Bonchev–Trinajstić information content (AvgIpc) is 3.29. The van der Waals surface area contributed by atoms with E-state index in [1.807, 2.05) is 41.4 Å². The number of hydrogen-bond acceptors (Lipinski definition) is 6. The van der Waals surface area contributed by atoms with Crippen LogP contribution < -0.4 is 18.9 Å². The Morgan fingerprint density at radius 3 is 2.38 bits per heavy atom. The zero-order valence-corrected chi connectivity index (χ0v) is 18.0. The van der Waals surface area contributed by atoms with Crippen LogP contribution in [-0.4, -0.2) is 32.0 Å². The summed E-state index contributed by atoms with van der Waals surface area (Å²) in [6, 6.07) is 17.9. The predicted molar refractivity (Wildman–Crippen MR) is 118 cm³/mol. The molecule has 0 radical (unpaired) electrons. The minimum absolute atomic E-state index is 0.0491. The summed E-state index contributed by atoms with van der Waals surface area (Å²) in [6.45, 7) is 0. The number of rotatable bonds is 5. The Bertz CT molecular complexity index is 1180. The van der Waals surface area contributed by atoms with Gasteiger partial charge in [-0.3, -0.25) is 0 Å². The lowest BCUT2D eigenvalue weighted by Gasteiger charge is -2.38. The molecule has 6 nitrogen and oxygen atoms in total. The van der Waals surface area contributed by atoms with Crippen LogP contribution in [0.2, 0.25) is 0 Å². The van der Waals surface area contributed by atoms with Crippen molar-refractivity contribution in [3.05, 3.63) is 83.2 Å². The number of para-hydroxylation sites is 1. The Morgan fingerprint density at radius 1 is 0.906 bits per heavy atom. The van der Waals surface area contributed by atoms with Gasteiger partial charge in [0, 0.05) is 23.1 Å². The molecule has 0 amide bonds. The Kier molecular flexibility index (Phi) is 5.09. The number of methoxy groups -OCH3 is 3. The van der Waals surface area contributed by atoms with Crippen LogP contribution in [0.15, 0.2) is 65.8 Å². The highest BCUT2D eigenvalue weighted by Crippen LogP contribution is 2.50. The molecular weight excluding hydrogens is 411 g/mol. The maximum atomic E-state index is 13.6. The van der Waals surface area contributed by atoms with Crippen molar-refractivity contribution >= 4 is 5.71 Å². The van der Waals surface area contributed by atoms with E-state index in [2.05, 4.69) is 0 Å². The Morgan fingerprint density at radius 2 is 1.66 bits per heavy atom. The first-order valence-electron chi connectivity index (χ1n) is 10.3. The van der Waals surface area contributed by atoms with Gasteiger partial charge in [0.05, 0.1) is 33.1 Å². The fraction of sp³-hybridized carbons (Fsp3) is 0.240. The van der Waals surface area contributed by atoms with Gasteiger partial charge >= 0.3 is 0 Å². The van der Waals surface area contributed by atoms with Crippen molar-refractivity contribution in [3.8, 4) is 23.0 Å². The van der Waals surface area contributed by atoms with Gasteiger partial charge in [-0.15, -0.1) is 0 Å². The van der Waals surface area contributed by atoms with Crippen LogP contribution in [0.25, 0.3) is 0 Å². The van der Waals surface area contributed by atoms with Crippen LogP contribution in [0.1, 0.15) is 35.4 Å². The lowest BCUT2D eigenvalue weighted by Crippen LogP contribution is -2.33. The fourth-order valence-corrected chi connectivity index (χ4v) is 4.28.